The Morgan fingerprint density at radius 3 is 2.68 bits per heavy atom. The number of ether oxygens (including phenoxy) is 4. The summed E-state index contributed by atoms with van der Waals surface area (Å²) in [6, 6.07) is 0.514. The van der Waals surface area contributed by atoms with Crippen molar-refractivity contribution < 1.29 is 23.5 Å². The molecule has 8 rings (SSSR count). The van der Waals surface area contributed by atoms with Crippen LogP contribution in [0.5, 0.6) is 5.88 Å². The molecule has 4 atom stereocenters. The summed E-state index contributed by atoms with van der Waals surface area (Å²) in [4.78, 5) is 17.2. The first-order chi connectivity index (χ1) is 20.1. The van der Waals surface area contributed by atoms with Crippen LogP contribution in [-0.4, -0.2) is 87.5 Å². The monoisotopic (exact) mass is 564 g/mol. The fraction of sp³-hybridized carbons (Fsp3) is 0.733. The van der Waals surface area contributed by atoms with E-state index in [2.05, 4.69) is 23.4 Å². The van der Waals surface area contributed by atoms with Gasteiger partial charge >= 0.3 is 0 Å². The van der Waals surface area contributed by atoms with Crippen LogP contribution < -0.4 is 4.74 Å². The fourth-order valence-electron chi connectivity index (χ4n) is 8.35. The Bertz CT molecular complexity index is 1430. The van der Waals surface area contributed by atoms with Crippen LogP contribution in [-0.2, 0) is 26.0 Å². The standard InChI is InChI=1S/C30H40N6O5/c1-19(22-8-6-13-35(22)2)40-28-23-27(36(18-31-23)20-9-14-37-17-20)32-26(33-28)24-21-7-5-11-29(25(21)34-41-24)10-3-4-12-30(29)38-15-16-39-30/h18-20,22H,3-17H2,1-2H3/t19-,20+,22-,29-/m0/s1. The highest BCUT2D eigenvalue weighted by Crippen LogP contribution is 2.56. The second-order valence-corrected chi connectivity index (χ2v) is 12.6. The molecule has 0 N–H and O–H groups in total. The molecule has 2 aliphatic carbocycles. The predicted octanol–water partition coefficient (Wildman–Crippen LogP) is 4.20. The van der Waals surface area contributed by atoms with Crippen molar-refractivity contribution in [2.45, 2.75) is 101 Å². The minimum Gasteiger partial charge on any atom is -0.471 e. The summed E-state index contributed by atoms with van der Waals surface area (Å²) in [6.45, 7) is 5.86. The molecule has 0 bridgehead atoms. The first kappa shape index (κ1) is 26.1. The number of hydrogen-bond donors (Lipinski definition) is 0. The van der Waals surface area contributed by atoms with Gasteiger partial charge < -0.3 is 28.0 Å². The highest BCUT2D eigenvalue weighted by molar-refractivity contribution is 5.79. The molecule has 41 heavy (non-hydrogen) atoms. The first-order valence-corrected chi connectivity index (χ1v) is 15.6. The summed E-state index contributed by atoms with van der Waals surface area (Å²) in [5.74, 6) is 1.02. The molecule has 3 aromatic rings. The molecule has 2 spiro atoms. The molecule has 5 aliphatic rings. The average molecular weight is 565 g/mol. The topological polar surface area (TPSA) is 110 Å². The maximum Gasteiger partial charge on any atom is 0.246 e. The largest absolute Gasteiger partial charge is 0.471 e. The third-order valence-electron chi connectivity index (χ3n) is 10.4. The molecule has 0 amide bonds. The lowest BCUT2D eigenvalue weighted by Gasteiger charge is -2.50. The minimum absolute atomic E-state index is 0.0425. The van der Waals surface area contributed by atoms with E-state index < -0.39 is 5.79 Å². The van der Waals surface area contributed by atoms with Gasteiger partial charge in [0.1, 0.15) is 6.10 Å². The zero-order valence-electron chi connectivity index (χ0n) is 24.1. The van der Waals surface area contributed by atoms with Crippen LogP contribution in [0.2, 0.25) is 0 Å². The molecule has 4 fully saturated rings. The van der Waals surface area contributed by atoms with Crippen molar-refractivity contribution in [1.82, 2.24) is 29.6 Å². The molecule has 11 heteroatoms. The van der Waals surface area contributed by atoms with Gasteiger partial charge in [0, 0.05) is 24.6 Å². The quantitative estimate of drug-likeness (QED) is 0.447. The van der Waals surface area contributed by atoms with E-state index >= 15 is 0 Å². The third-order valence-corrected chi connectivity index (χ3v) is 10.4. The van der Waals surface area contributed by atoms with Crippen LogP contribution in [0.4, 0.5) is 0 Å². The Kier molecular flexibility index (Phi) is 6.35. The van der Waals surface area contributed by atoms with Crippen LogP contribution in [0.15, 0.2) is 10.9 Å². The number of nitrogens with zero attached hydrogens (tertiary/aromatic N) is 6. The van der Waals surface area contributed by atoms with Crippen LogP contribution in [0, 0.1) is 0 Å². The molecular formula is C30H40N6O5. The molecule has 6 heterocycles. The van der Waals surface area contributed by atoms with Crippen molar-refractivity contribution in [3.05, 3.63) is 17.6 Å². The van der Waals surface area contributed by atoms with Crippen LogP contribution in [0.3, 0.4) is 0 Å². The van der Waals surface area contributed by atoms with E-state index in [1.807, 2.05) is 6.33 Å². The molecule has 0 unspecified atom stereocenters. The molecule has 1 saturated carbocycles. The zero-order valence-corrected chi connectivity index (χ0v) is 24.1. The number of hydrogen-bond acceptors (Lipinski definition) is 10. The van der Waals surface area contributed by atoms with Gasteiger partial charge in [0.2, 0.25) is 17.5 Å². The summed E-state index contributed by atoms with van der Waals surface area (Å²) in [5.41, 5.74) is 3.19. The van der Waals surface area contributed by atoms with Crippen LogP contribution in [0.25, 0.3) is 22.7 Å². The number of likely N-dealkylation sites (N-methyl/N-ethyl adjacent to an activating group) is 1. The Balaban J connectivity index is 1.24. The molecule has 0 aromatic carbocycles. The number of imidazole rings is 1. The average Bonchev–Trinajstić information content (AvgIpc) is 3.81. The van der Waals surface area contributed by atoms with E-state index in [4.69, 9.17) is 43.6 Å². The van der Waals surface area contributed by atoms with Gasteiger partial charge in [0.25, 0.3) is 0 Å². The van der Waals surface area contributed by atoms with E-state index in [-0.39, 0.29) is 17.6 Å². The Labute approximate surface area is 239 Å². The van der Waals surface area contributed by atoms with E-state index in [0.29, 0.717) is 48.8 Å². The predicted molar refractivity (Wildman–Crippen MR) is 149 cm³/mol. The van der Waals surface area contributed by atoms with Gasteiger partial charge in [-0.25, -0.2) is 9.97 Å². The van der Waals surface area contributed by atoms with Crippen molar-refractivity contribution in [3.63, 3.8) is 0 Å². The minimum atomic E-state index is -0.614. The molecule has 11 nitrogen and oxygen atoms in total. The Morgan fingerprint density at radius 1 is 1.02 bits per heavy atom. The SMILES string of the molecule is C[C@H](Oc1nc(-c2onc3c2CCC[C@@]32CCCCC23OCCO3)nc2c1ncn2[C@@H]1CCOC1)[C@@H]1CCCN1C. The van der Waals surface area contributed by atoms with Crippen molar-refractivity contribution in [1.29, 1.82) is 0 Å². The van der Waals surface area contributed by atoms with E-state index in [0.717, 1.165) is 87.8 Å². The van der Waals surface area contributed by atoms with E-state index in [1.165, 1.54) is 6.42 Å². The van der Waals surface area contributed by atoms with Crippen molar-refractivity contribution in [3.8, 4) is 17.5 Å². The van der Waals surface area contributed by atoms with Crippen LogP contribution in [0.1, 0.15) is 82.0 Å². The maximum atomic E-state index is 6.62. The summed E-state index contributed by atoms with van der Waals surface area (Å²) in [5, 5.41) is 4.76. The lowest BCUT2D eigenvalue weighted by molar-refractivity contribution is -0.231. The summed E-state index contributed by atoms with van der Waals surface area (Å²) in [7, 11) is 2.17. The number of rotatable bonds is 5. The highest BCUT2D eigenvalue weighted by Gasteiger charge is 2.61. The first-order valence-electron chi connectivity index (χ1n) is 15.6. The van der Waals surface area contributed by atoms with Crippen LogP contribution >= 0.6 is 0 Å². The molecule has 3 saturated heterocycles. The number of likely N-dealkylation sites (tertiary alicyclic amines) is 1. The fourth-order valence-corrected chi connectivity index (χ4v) is 8.35. The normalized spacial score (nSPS) is 30.5. The summed E-state index contributed by atoms with van der Waals surface area (Å²) < 4.78 is 33.5. The highest BCUT2D eigenvalue weighted by atomic mass is 16.7. The Morgan fingerprint density at radius 2 is 1.88 bits per heavy atom. The van der Waals surface area contributed by atoms with Gasteiger partial charge in [-0.05, 0) is 71.9 Å². The maximum absolute atomic E-state index is 6.62. The molecule has 220 valence electrons. The molecular weight excluding hydrogens is 524 g/mol. The number of fused-ring (bicyclic) bond motifs is 4. The van der Waals surface area contributed by atoms with Gasteiger partial charge in [0.05, 0.1) is 43.3 Å². The van der Waals surface area contributed by atoms with Gasteiger partial charge in [-0.3, -0.25) is 4.90 Å². The van der Waals surface area contributed by atoms with E-state index in [9.17, 15) is 0 Å². The second kappa shape index (κ2) is 10.00. The molecule has 3 aromatic heterocycles. The van der Waals surface area contributed by atoms with Gasteiger partial charge in [-0.15, -0.1) is 0 Å². The second-order valence-electron chi connectivity index (χ2n) is 12.6. The van der Waals surface area contributed by atoms with Gasteiger partial charge in [-0.1, -0.05) is 11.6 Å². The van der Waals surface area contributed by atoms with E-state index in [1.54, 1.807) is 0 Å². The van der Waals surface area contributed by atoms with Gasteiger partial charge in [-0.2, -0.15) is 4.98 Å². The summed E-state index contributed by atoms with van der Waals surface area (Å²) in [6.07, 6.45) is 12.0. The summed E-state index contributed by atoms with van der Waals surface area (Å²) >= 11 is 0. The molecule has 3 aliphatic heterocycles. The van der Waals surface area contributed by atoms with Crippen molar-refractivity contribution in [2.24, 2.45) is 0 Å². The molecule has 0 radical (unpaired) electrons. The van der Waals surface area contributed by atoms with Crippen molar-refractivity contribution in [2.75, 3.05) is 40.0 Å². The number of aromatic nitrogens is 5. The lowest BCUT2D eigenvalue weighted by atomic mass is 9.61. The smallest absolute Gasteiger partial charge is 0.246 e. The third kappa shape index (κ3) is 3.99. The van der Waals surface area contributed by atoms with Crippen molar-refractivity contribution >= 4 is 11.2 Å². The zero-order chi connectivity index (χ0) is 27.6. The lowest BCUT2D eigenvalue weighted by Crippen LogP contribution is -2.56. The van der Waals surface area contributed by atoms with Gasteiger partial charge in [0.15, 0.2) is 17.0 Å². The Hall–Kier alpha value is -2.60.